The van der Waals surface area contributed by atoms with Gasteiger partial charge in [0.1, 0.15) is 6.61 Å². The molecule has 4 heteroatoms. The maximum atomic E-state index is 12.1. The lowest BCUT2D eigenvalue weighted by Gasteiger charge is -2.16. The van der Waals surface area contributed by atoms with Crippen LogP contribution in [0, 0.1) is 0 Å². The van der Waals surface area contributed by atoms with Crippen molar-refractivity contribution in [2.45, 2.75) is 13.0 Å². The first-order valence-corrected chi connectivity index (χ1v) is 7.40. The highest BCUT2D eigenvalue weighted by Gasteiger charge is 2.24. The molecule has 4 nitrogen and oxygen atoms in total. The zero-order valence-corrected chi connectivity index (χ0v) is 13.2. The second kappa shape index (κ2) is 6.57. The summed E-state index contributed by atoms with van der Waals surface area (Å²) in [5.74, 6) is 0.830. The predicted molar refractivity (Wildman–Crippen MR) is 87.8 cm³/mol. The Morgan fingerprint density at radius 2 is 1.96 bits per heavy atom. The summed E-state index contributed by atoms with van der Waals surface area (Å²) < 4.78 is 16.3. The van der Waals surface area contributed by atoms with Crippen molar-refractivity contribution in [2.75, 3.05) is 14.2 Å². The summed E-state index contributed by atoms with van der Waals surface area (Å²) in [5.41, 5.74) is 3.38. The van der Waals surface area contributed by atoms with Gasteiger partial charge in [-0.05, 0) is 23.6 Å². The Morgan fingerprint density at radius 3 is 2.65 bits per heavy atom. The molecule has 0 aliphatic heterocycles. The first-order chi connectivity index (χ1) is 11.2. The SMILES string of the molecule is COC(=O)c1cc(OCc2ccccc2)c(OC)c2c1CC=C2. The van der Waals surface area contributed by atoms with Gasteiger partial charge in [0.05, 0.1) is 19.8 Å². The summed E-state index contributed by atoms with van der Waals surface area (Å²) in [6, 6.07) is 11.6. The average Bonchev–Trinajstić information content (AvgIpc) is 3.08. The van der Waals surface area contributed by atoms with Gasteiger partial charge in [-0.25, -0.2) is 4.79 Å². The molecule has 0 amide bonds. The lowest BCUT2D eigenvalue weighted by molar-refractivity contribution is 0.0599. The maximum Gasteiger partial charge on any atom is 0.338 e. The zero-order chi connectivity index (χ0) is 16.2. The summed E-state index contributed by atoms with van der Waals surface area (Å²) in [5, 5.41) is 0. The first kappa shape index (κ1) is 15.2. The Kier molecular flexibility index (Phi) is 4.33. The van der Waals surface area contributed by atoms with Crippen LogP contribution < -0.4 is 9.47 Å². The van der Waals surface area contributed by atoms with Gasteiger partial charge in [-0.2, -0.15) is 0 Å². The summed E-state index contributed by atoms with van der Waals surface area (Å²) in [6.45, 7) is 0.403. The Balaban J connectivity index is 1.98. The minimum atomic E-state index is -0.364. The van der Waals surface area contributed by atoms with E-state index < -0.39 is 0 Å². The van der Waals surface area contributed by atoms with Gasteiger partial charge in [0.2, 0.25) is 0 Å². The van der Waals surface area contributed by atoms with Crippen molar-refractivity contribution >= 4 is 12.0 Å². The molecule has 0 spiro atoms. The maximum absolute atomic E-state index is 12.1. The van der Waals surface area contributed by atoms with Crippen LogP contribution in [0.3, 0.4) is 0 Å². The van der Waals surface area contributed by atoms with E-state index in [-0.39, 0.29) is 5.97 Å². The molecule has 2 aromatic rings. The van der Waals surface area contributed by atoms with Gasteiger partial charge in [-0.3, -0.25) is 0 Å². The highest BCUT2D eigenvalue weighted by molar-refractivity contribution is 5.94. The molecule has 0 bridgehead atoms. The van der Waals surface area contributed by atoms with Crippen LogP contribution in [0.5, 0.6) is 11.5 Å². The van der Waals surface area contributed by atoms with Gasteiger partial charge in [-0.1, -0.05) is 42.5 Å². The van der Waals surface area contributed by atoms with Crippen molar-refractivity contribution in [3.63, 3.8) is 0 Å². The van der Waals surface area contributed by atoms with E-state index in [4.69, 9.17) is 14.2 Å². The number of allylic oxidation sites excluding steroid dienone is 1. The highest BCUT2D eigenvalue weighted by Crippen LogP contribution is 2.40. The molecular weight excluding hydrogens is 292 g/mol. The molecule has 118 valence electrons. The van der Waals surface area contributed by atoms with Crippen molar-refractivity contribution in [1.29, 1.82) is 0 Å². The van der Waals surface area contributed by atoms with E-state index in [0.29, 0.717) is 30.1 Å². The third-order valence-corrected chi connectivity index (χ3v) is 3.85. The lowest BCUT2D eigenvalue weighted by atomic mass is 10.0. The molecule has 1 aliphatic carbocycles. The topological polar surface area (TPSA) is 44.8 Å². The Hall–Kier alpha value is -2.75. The molecule has 0 atom stereocenters. The van der Waals surface area contributed by atoms with Gasteiger partial charge >= 0.3 is 5.97 Å². The number of hydrogen-bond acceptors (Lipinski definition) is 4. The molecule has 0 radical (unpaired) electrons. The largest absolute Gasteiger partial charge is 0.492 e. The smallest absolute Gasteiger partial charge is 0.338 e. The fourth-order valence-electron chi connectivity index (χ4n) is 2.73. The number of benzene rings is 2. The van der Waals surface area contributed by atoms with E-state index in [1.54, 1.807) is 13.2 Å². The van der Waals surface area contributed by atoms with E-state index in [1.807, 2.05) is 42.5 Å². The van der Waals surface area contributed by atoms with Crippen LogP contribution in [0.15, 0.2) is 42.5 Å². The number of fused-ring (bicyclic) bond motifs is 1. The van der Waals surface area contributed by atoms with E-state index in [9.17, 15) is 4.79 Å². The van der Waals surface area contributed by atoms with Crippen molar-refractivity contribution in [1.82, 2.24) is 0 Å². The molecule has 0 heterocycles. The number of esters is 1. The van der Waals surface area contributed by atoms with Crippen molar-refractivity contribution in [2.24, 2.45) is 0 Å². The Bertz CT molecular complexity index is 748. The third kappa shape index (κ3) is 2.93. The molecule has 0 unspecified atom stereocenters. The van der Waals surface area contributed by atoms with Crippen molar-refractivity contribution in [3.05, 3.63) is 64.7 Å². The van der Waals surface area contributed by atoms with Crippen LogP contribution in [0.2, 0.25) is 0 Å². The van der Waals surface area contributed by atoms with Gasteiger partial charge in [0, 0.05) is 5.56 Å². The Labute approximate surface area is 135 Å². The minimum Gasteiger partial charge on any atom is -0.492 e. The summed E-state index contributed by atoms with van der Waals surface area (Å²) in [4.78, 5) is 12.1. The van der Waals surface area contributed by atoms with E-state index >= 15 is 0 Å². The quantitative estimate of drug-likeness (QED) is 0.791. The van der Waals surface area contributed by atoms with Gasteiger partial charge in [0.15, 0.2) is 11.5 Å². The molecule has 0 aromatic heterocycles. The molecule has 3 rings (SSSR count). The van der Waals surface area contributed by atoms with Crippen LogP contribution in [0.4, 0.5) is 0 Å². The van der Waals surface area contributed by atoms with Crippen LogP contribution >= 0.6 is 0 Å². The first-order valence-electron chi connectivity index (χ1n) is 7.40. The number of hydrogen-bond donors (Lipinski definition) is 0. The number of rotatable bonds is 5. The monoisotopic (exact) mass is 310 g/mol. The standard InChI is InChI=1S/C19H18O4/c1-21-18-15-10-6-9-14(15)16(19(20)22-2)11-17(18)23-12-13-7-4-3-5-8-13/h3-8,10-11H,9,12H2,1-2H3. The summed E-state index contributed by atoms with van der Waals surface area (Å²) in [7, 11) is 2.99. The molecule has 0 saturated carbocycles. The van der Waals surface area contributed by atoms with E-state index in [2.05, 4.69) is 0 Å². The molecular formula is C19H18O4. The predicted octanol–water partition coefficient (Wildman–Crippen LogP) is 3.63. The molecule has 0 saturated heterocycles. The fourth-order valence-corrected chi connectivity index (χ4v) is 2.73. The summed E-state index contributed by atoms with van der Waals surface area (Å²) in [6.07, 6.45) is 4.64. The van der Waals surface area contributed by atoms with Crippen LogP contribution in [-0.4, -0.2) is 20.2 Å². The molecule has 0 fully saturated rings. The molecule has 2 aromatic carbocycles. The van der Waals surface area contributed by atoms with Crippen LogP contribution in [0.25, 0.3) is 6.08 Å². The third-order valence-electron chi connectivity index (χ3n) is 3.85. The molecule has 23 heavy (non-hydrogen) atoms. The number of carbonyl (C=O) groups is 1. The summed E-state index contributed by atoms with van der Waals surface area (Å²) >= 11 is 0. The molecule has 0 N–H and O–H groups in total. The van der Waals surface area contributed by atoms with Gasteiger partial charge in [-0.15, -0.1) is 0 Å². The second-order valence-corrected chi connectivity index (χ2v) is 5.22. The highest BCUT2D eigenvalue weighted by atomic mass is 16.5. The lowest BCUT2D eigenvalue weighted by Crippen LogP contribution is -2.08. The van der Waals surface area contributed by atoms with E-state index in [0.717, 1.165) is 16.7 Å². The number of ether oxygens (including phenoxy) is 3. The van der Waals surface area contributed by atoms with E-state index in [1.165, 1.54) is 7.11 Å². The van der Waals surface area contributed by atoms with Crippen molar-refractivity contribution in [3.8, 4) is 11.5 Å². The number of carbonyl (C=O) groups excluding carboxylic acids is 1. The minimum absolute atomic E-state index is 0.364. The van der Waals surface area contributed by atoms with Gasteiger partial charge in [0.25, 0.3) is 0 Å². The second-order valence-electron chi connectivity index (χ2n) is 5.22. The average molecular weight is 310 g/mol. The fraction of sp³-hybridized carbons (Fsp3) is 0.211. The van der Waals surface area contributed by atoms with Crippen LogP contribution in [0.1, 0.15) is 27.0 Å². The number of methoxy groups -OCH3 is 2. The van der Waals surface area contributed by atoms with Crippen LogP contribution in [-0.2, 0) is 17.8 Å². The van der Waals surface area contributed by atoms with Gasteiger partial charge < -0.3 is 14.2 Å². The van der Waals surface area contributed by atoms with Crippen molar-refractivity contribution < 1.29 is 19.0 Å². The molecule has 1 aliphatic rings. The zero-order valence-electron chi connectivity index (χ0n) is 13.2. The normalized spacial score (nSPS) is 11.9. The Morgan fingerprint density at radius 1 is 1.17 bits per heavy atom.